The summed E-state index contributed by atoms with van der Waals surface area (Å²) in [5, 5.41) is 0.749. The Morgan fingerprint density at radius 1 is 1.00 bits per heavy atom. The molecule has 0 aliphatic heterocycles. The van der Waals surface area contributed by atoms with E-state index in [1.807, 2.05) is 24.3 Å². The van der Waals surface area contributed by atoms with Crippen molar-refractivity contribution in [1.29, 1.82) is 0 Å². The number of halogens is 3. The van der Waals surface area contributed by atoms with Crippen LogP contribution in [0.25, 0.3) is 22.4 Å². The molecule has 4 rings (SSSR count). The first-order valence-corrected chi connectivity index (χ1v) is 9.47. The predicted octanol–water partition coefficient (Wildman–Crippen LogP) is 3.72. The van der Waals surface area contributed by atoms with Crippen LogP contribution in [0.5, 0.6) is 0 Å². The number of fused-ring (bicyclic) bond motifs is 1. The number of aromatic nitrogens is 2. The fraction of sp³-hybridized carbons (Fsp3) is 0.0526. The van der Waals surface area contributed by atoms with Gasteiger partial charge in [-0.3, -0.25) is 4.79 Å². The highest BCUT2D eigenvalue weighted by Crippen LogP contribution is 2.29. The summed E-state index contributed by atoms with van der Waals surface area (Å²) in [5.41, 5.74) is 0.113. The van der Waals surface area contributed by atoms with Crippen LogP contribution in [0.4, 0.5) is 13.2 Å². The maximum atomic E-state index is 12.8. The van der Waals surface area contributed by atoms with E-state index in [4.69, 9.17) is 0 Å². The second-order valence-corrected chi connectivity index (χ2v) is 7.86. The zero-order chi connectivity index (χ0) is 19.0. The first-order chi connectivity index (χ1) is 12.9. The van der Waals surface area contributed by atoms with Gasteiger partial charge >= 0.3 is 6.18 Å². The molecule has 0 amide bonds. The van der Waals surface area contributed by atoms with Crippen molar-refractivity contribution >= 4 is 45.0 Å². The number of aromatic amines is 1. The third-order valence-electron chi connectivity index (χ3n) is 3.76. The second-order valence-electron chi connectivity index (χ2n) is 5.72. The molecule has 0 fully saturated rings. The first-order valence-electron chi connectivity index (χ1n) is 7.84. The molecular formula is C19H11F3N2OS2. The van der Waals surface area contributed by atoms with Gasteiger partial charge in [0.05, 0.1) is 25.0 Å². The molecule has 0 bridgehead atoms. The van der Waals surface area contributed by atoms with Crippen molar-refractivity contribution in [1.82, 2.24) is 9.97 Å². The molecule has 0 saturated carbocycles. The van der Waals surface area contributed by atoms with Crippen LogP contribution in [0.15, 0.2) is 53.3 Å². The smallest absolute Gasteiger partial charge is 0.313 e. The Balaban J connectivity index is 1.75. The van der Waals surface area contributed by atoms with E-state index in [0.717, 1.165) is 27.4 Å². The molecule has 2 aromatic carbocycles. The van der Waals surface area contributed by atoms with Gasteiger partial charge in [0, 0.05) is 6.08 Å². The van der Waals surface area contributed by atoms with Gasteiger partial charge in [-0.2, -0.15) is 13.2 Å². The number of hydrogen-bond donors (Lipinski definition) is 1. The zero-order valence-electron chi connectivity index (χ0n) is 13.6. The molecule has 0 unspecified atom stereocenters. The summed E-state index contributed by atoms with van der Waals surface area (Å²) in [5.74, 6) is 0. The second kappa shape index (κ2) is 6.79. The quantitative estimate of drug-likeness (QED) is 0.554. The highest BCUT2D eigenvalue weighted by Gasteiger charge is 2.30. The molecule has 4 aromatic rings. The normalized spacial score (nSPS) is 13.6. The molecule has 1 N–H and O–H groups in total. The van der Waals surface area contributed by atoms with Gasteiger partial charge in [-0.25, -0.2) is 4.98 Å². The van der Waals surface area contributed by atoms with E-state index in [1.165, 1.54) is 40.9 Å². The van der Waals surface area contributed by atoms with E-state index < -0.39 is 11.7 Å². The Labute approximate surface area is 158 Å². The number of nitrogens with zero attached hydrogens (tertiary/aromatic N) is 1. The third-order valence-corrected chi connectivity index (χ3v) is 5.70. The molecule has 2 heterocycles. The minimum absolute atomic E-state index is 0.323. The van der Waals surface area contributed by atoms with Crippen molar-refractivity contribution in [3.8, 4) is 0 Å². The number of hydrogen-bond acceptors (Lipinski definition) is 4. The van der Waals surface area contributed by atoms with Gasteiger partial charge in [0.15, 0.2) is 0 Å². The Bertz CT molecular complexity index is 1270. The molecular weight excluding hydrogens is 393 g/mol. The average Bonchev–Trinajstić information content (AvgIpc) is 3.17. The van der Waals surface area contributed by atoms with E-state index in [0.29, 0.717) is 14.8 Å². The van der Waals surface area contributed by atoms with E-state index in [9.17, 15) is 18.0 Å². The van der Waals surface area contributed by atoms with E-state index in [2.05, 4.69) is 9.97 Å². The Hall–Kier alpha value is -2.71. The lowest BCUT2D eigenvalue weighted by Gasteiger charge is -2.06. The highest BCUT2D eigenvalue weighted by atomic mass is 32.1. The van der Waals surface area contributed by atoms with Crippen molar-refractivity contribution in [2.75, 3.05) is 0 Å². The van der Waals surface area contributed by atoms with Gasteiger partial charge < -0.3 is 4.98 Å². The molecule has 0 saturated heterocycles. The molecule has 0 aliphatic rings. The van der Waals surface area contributed by atoms with Crippen LogP contribution in [-0.4, -0.2) is 9.97 Å². The van der Waals surface area contributed by atoms with Gasteiger partial charge in [-0.1, -0.05) is 24.3 Å². The largest absolute Gasteiger partial charge is 0.416 e. The van der Waals surface area contributed by atoms with Crippen LogP contribution in [0.3, 0.4) is 0 Å². The monoisotopic (exact) mass is 404 g/mol. The average molecular weight is 404 g/mol. The summed E-state index contributed by atoms with van der Waals surface area (Å²) < 4.78 is 40.5. The Morgan fingerprint density at radius 2 is 1.81 bits per heavy atom. The molecule has 136 valence electrons. The number of alkyl halides is 3. The molecule has 0 spiro atoms. The summed E-state index contributed by atoms with van der Waals surface area (Å²) in [6, 6.07) is 12.6. The molecule has 27 heavy (non-hydrogen) atoms. The highest BCUT2D eigenvalue weighted by molar-refractivity contribution is 7.19. The molecule has 8 heteroatoms. The van der Waals surface area contributed by atoms with Crippen molar-refractivity contribution < 1.29 is 13.2 Å². The van der Waals surface area contributed by atoms with Crippen molar-refractivity contribution in [2.24, 2.45) is 0 Å². The zero-order valence-corrected chi connectivity index (χ0v) is 15.2. The fourth-order valence-corrected chi connectivity index (χ4v) is 4.42. The number of benzene rings is 2. The Kier molecular flexibility index (Phi) is 4.45. The van der Waals surface area contributed by atoms with Crippen molar-refractivity contribution in [3.05, 3.63) is 84.2 Å². The summed E-state index contributed by atoms with van der Waals surface area (Å²) in [7, 11) is 0. The summed E-state index contributed by atoms with van der Waals surface area (Å²) in [6.45, 7) is 0. The third kappa shape index (κ3) is 3.86. The summed E-state index contributed by atoms with van der Waals surface area (Å²) >= 11 is 2.68. The van der Waals surface area contributed by atoms with Crippen molar-refractivity contribution in [2.45, 2.75) is 6.18 Å². The predicted molar refractivity (Wildman–Crippen MR) is 102 cm³/mol. The fourth-order valence-electron chi connectivity index (χ4n) is 2.54. The molecule has 0 aliphatic carbocycles. The van der Waals surface area contributed by atoms with Gasteiger partial charge in [-0.15, -0.1) is 22.7 Å². The summed E-state index contributed by atoms with van der Waals surface area (Å²) in [4.78, 5) is 19.4. The first kappa shape index (κ1) is 17.7. The number of para-hydroxylation sites is 1. The molecule has 0 radical (unpaired) electrons. The van der Waals surface area contributed by atoms with Gasteiger partial charge in [0.2, 0.25) is 0 Å². The van der Waals surface area contributed by atoms with Crippen LogP contribution < -0.4 is 14.8 Å². The van der Waals surface area contributed by atoms with Gasteiger partial charge in [0.25, 0.3) is 5.56 Å². The van der Waals surface area contributed by atoms with Crippen LogP contribution in [0, 0.1) is 0 Å². The van der Waals surface area contributed by atoms with Crippen LogP contribution in [0.1, 0.15) is 16.1 Å². The van der Waals surface area contributed by atoms with E-state index >= 15 is 0 Å². The number of nitrogens with one attached hydrogen (secondary N) is 1. The van der Waals surface area contributed by atoms with Crippen LogP contribution in [-0.2, 0) is 6.18 Å². The lowest BCUT2D eigenvalue weighted by Crippen LogP contribution is -2.19. The van der Waals surface area contributed by atoms with E-state index in [-0.39, 0.29) is 5.56 Å². The number of rotatable bonds is 2. The Morgan fingerprint density at radius 3 is 2.59 bits per heavy atom. The minimum Gasteiger partial charge on any atom is -0.313 e. The maximum absolute atomic E-state index is 12.8. The molecule has 2 aromatic heterocycles. The topological polar surface area (TPSA) is 45.8 Å². The van der Waals surface area contributed by atoms with Gasteiger partial charge in [-0.05, 0) is 35.9 Å². The minimum atomic E-state index is -4.42. The maximum Gasteiger partial charge on any atom is 0.416 e. The van der Waals surface area contributed by atoms with Gasteiger partial charge in [0.1, 0.15) is 5.01 Å². The SMILES string of the molecule is O=c1[nH]/c(=C\c2nc3ccccc3s2)s/c1=C\c1cccc(C(F)(F)F)c1. The lowest BCUT2D eigenvalue weighted by molar-refractivity contribution is -0.137. The van der Waals surface area contributed by atoms with Crippen LogP contribution in [0.2, 0.25) is 0 Å². The molecule has 3 nitrogen and oxygen atoms in total. The molecule has 0 atom stereocenters. The lowest BCUT2D eigenvalue weighted by atomic mass is 10.1. The number of H-pyrrole nitrogens is 1. The van der Waals surface area contributed by atoms with Crippen molar-refractivity contribution in [3.63, 3.8) is 0 Å². The number of thiazole rings is 2. The van der Waals surface area contributed by atoms with E-state index in [1.54, 1.807) is 6.08 Å². The van der Waals surface area contributed by atoms with Crippen LogP contribution >= 0.6 is 22.7 Å². The standard InChI is InChI=1S/C19H11F3N2OS2/c20-19(21,22)12-5-3-4-11(8-12)9-15-18(25)24-17(27-15)10-16-23-13-6-1-2-7-14(13)26-16/h1-10H,(H,24,25)/b15-9-,17-10+. The summed E-state index contributed by atoms with van der Waals surface area (Å²) in [6.07, 6.45) is -1.20.